The number of nitrogens with one attached hydrogen (secondary N) is 1. The minimum absolute atomic E-state index is 0.0736. The summed E-state index contributed by atoms with van der Waals surface area (Å²) in [4.78, 5) is 27.7. The minimum Gasteiger partial charge on any atom is -0.344 e. The van der Waals surface area contributed by atoms with Crippen LogP contribution < -0.4 is 10.2 Å². The van der Waals surface area contributed by atoms with Crippen LogP contribution >= 0.6 is 0 Å². The van der Waals surface area contributed by atoms with E-state index in [2.05, 4.69) is 32.1 Å². The summed E-state index contributed by atoms with van der Waals surface area (Å²) in [6.45, 7) is 4.80. The van der Waals surface area contributed by atoms with Gasteiger partial charge in [-0.15, -0.1) is 0 Å². The van der Waals surface area contributed by atoms with Gasteiger partial charge in [0, 0.05) is 24.0 Å². The molecule has 1 aliphatic rings. The van der Waals surface area contributed by atoms with Crippen molar-refractivity contribution in [3.8, 4) is 11.4 Å². The summed E-state index contributed by atoms with van der Waals surface area (Å²) in [6.07, 6.45) is 4.94. The van der Waals surface area contributed by atoms with Gasteiger partial charge >= 0.3 is 0 Å². The molecular formula is C22H22FN5O. The normalized spacial score (nSPS) is 18.7. The van der Waals surface area contributed by atoms with E-state index in [-0.39, 0.29) is 17.9 Å². The van der Waals surface area contributed by atoms with Gasteiger partial charge in [0.2, 0.25) is 5.91 Å². The Morgan fingerprint density at radius 3 is 2.69 bits per heavy atom. The van der Waals surface area contributed by atoms with Gasteiger partial charge in [0.25, 0.3) is 0 Å². The van der Waals surface area contributed by atoms with E-state index in [1.807, 2.05) is 43.3 Å². The van der Waals surface area contributed by atoms with Crippen molar-refractivity contribution in [2.45, 2.75) is 26.3 Å². The standard InChI is InChI=1S/C22H22FN5O/c1-14-6-7-17(11-18(14)21-25-12-16(23)13-26-21)27-22(29)20-15(2)8-10-28(20)19-5-3-4-9-24-19/h3-7,9,11-13,15,20H,8,10H2,1-2H3,(H,27,29)/t15-,20+/m0/s1. The zero-order valence-electron chi connectivity index (χ0n) is 16.3. The second kappa shape index (κ2) is 7.95. The zero-order valence-corrected chi connectivity index (χ0v) is 16.3. The average Bonchev–Trinajstić information content (AvgIpc) is 3.12. The maximum atomic E-state index is 13.1. The lowest BCUT2D eigenvalue weighted by molar-refractivity contribution is -0.117. The molecule has 0 saturated carbocycles. The topological polar surface area (TPSA) is 71.0 Å². The molecule has 1 amide bonds. The van der Waals surface area contributed by atoms with Gasteiger partial charge in [-0.1, -0.05) is 19.1 Å². The fraction of sp³-hybridized carbons (Fsp3) is 0.273. The van der Waals surface area contributed by atoms with E-state index < -0.39 is 5.82 Å². The lowest BCUT2D eigenvalue weighted by atomic mass is 10.0. The molecule has 2 atom stereocenters. The van der Waals surface area contributed by atoms with Crippen molar-refractivity contribution in [1.29, 1.82) is 0 Å². The van der Waals surface area contributed by atoms with Gasteiger partial charge in [0.15, 0.2) is 11.6 Å². The van der Waals surface area contributed by atoms with Crippen molar-refractivity contribution >= 4 is 17.4 Å². The highest BCUT2D eigenvalue weighted by molar-refractivity contribution is 5.98. The molecule has 0 spiro atoms. The van der Waals surface area contributed by atoms with Crippen LogP contribution in [0.4, 0.5) is 15.9 Å². The first-order valence-corrected chi connectivity index (χ1v) is 9.60. The maximum absolute atomic E-state index is 13.1. The highest BCUT2D eigenvalue weighted by Crippen LogP contribution is 2.30. The van der Waals surface area contributed by atoms with E-state index in [0.717, 1.165) is 42.3 Å². The number of halogens is 1. The summed E-state index contributed by atoms with van der Waals surface area (Å²) in [5.74, 6) is 0.879. The number of hydrogen-bond acceptors (Lipinski definition) is 5. The summed E-state index contributed by atoms with van der Waals surface area (Å²) in [7, 11) is 0. The molecule has 2 aromatic heterocycles. The molecule has 3 heterocycles. The molecule has 0 unspecified atom stereocenters. The van der Waals surface area contributed by atoms with Crippen LogP contribution in [0.15, 0.2) is 55.0 Å². The van der Waals surface area contributed by atoms with Crippen LogP contribution in [-0.2, 0) is 4.79 Å². The molecule has 3 aromatic rings. The highest BCUT2D eigenvalue weighted by Gasteiger charge is 2.37. The Kier molecular flexibility index (Phi) is 5.20. The van der Waals surface area contributed by atoms with Crippen LogP contribution in [0.25, 0.3) is 11.4 Å². The quantitative estimate of drug-likeness (QED) is 0.732. The first kappa shape index (κ1) is 19.0. The first-order chi connectivity index (χ1) is 14.0. The summed E-state index contributed by atoms with van der Waals surface area (Å²) < 4.78 is 13.1. The van der Waals surface area contributed by atoms with Gasteiger partial charge in [-0.05, 0) is 49.1 Å². The van der Waals surface area contributed by atoms with Gasteiger partial charge in [-0.25, -0.2) is 19.3 Å². The maximum Gasteiger partial charge on any atom is 0.247 e. The number of nitrogens with zero attached hydrogens (tertiary/aromatic N) is 4. The SMILES string of the molecule is Cc1ccc(NC(=O)[C@H]2[C@@H](C)CCN2c2ccccn2)cc1-c1ncc(F)cn1. The van der Waals surface area contributed by atoms with E-state index in [0.29, 0.717) is 11.5 Å². The van der Waals surface area contributed by atoms with E-state index in [9.17, 15) is 9.18 Å². The molecule has 1 fully saturated rings. The smallest absolute Gasteiger partial charge is 0.247 e. The summed E-state index contributed by atoms with van der Waals surface area (Å²) in [6, 6.07) is 11.0. The average molecular weight is 391 g/mol. The number of anilines is 2. The minimum atomic E-state index is -0.485. The number of aromatic nitrogens is 3. The predicted octanol–water partition coefficient (Wildman–Crippen LogP) is 3.84. The Morgan fingerprint density at radius 1 is 1.17 bits per heavy atom. The predicted molar refractivity (Wildman–Crippen MR) is 110 cm³/mol. The molecule has 1 N–H and O–H groups in total. The Hall–Kier alpha value is -3.35. The number of pyridine rings is 1. The van der Waals surface area contributed by atoms with Gasteiger partial charge in [-0.2, -0.15) is 0 Å². The van der Waals surface area contributed by atoms with E-state index in [1.54, 1.807) is 6.20 Å². The van der Waals surface area contributed by atoms with Gasteiger partial charge in [-0.3, -0.25) is 4.79 Å². The summed E-state index contributed by atoms with van der Waals surface area (Å²) in [5.41, 5.74) is 2.35. The van der Waals surface area contributed by atoms with Crippen LogP contribution in [0.1, 0.15) is 18.9 Å². The summed E-state index contributed by atoms with van der Waals surface area (Å²) in [5, 5.41) is 3.02. The van der Waals surface area contributed by atoms with Crippen LogP contribution in [-0.4, -0.2) is 33.4 Å². The lowest BCUT2D eigenvalue weighted by Crippen LogP contribution is -2.43. The molecule has 6 nitrogen and oxygen atoms in total. The largest absolute Gasteiger partial charge is 0.344 e. The molecule has 0 radical (unpaired) electrons. The van der Waals surface area contributed by atoms with Crippen molar-refractivity contribution in [3.05, 3.63) is 66.4 Å². The fourth-order valence-electron chi connectivity index (χ4n) is 3.74. The van der Waals surface area contributed by atoms with E-state index in [4.69, 9.17) is 0 Å². The van der Waals surface area contributed by atoms with Crippen LogP contribution in [0.3, 0.4) is 0 Å². The second-order valence-electron chi connectivity index (χ2n) is 7.34. The second-order valence-corrected chi connectivity index (χ2v) is 7.34. The summed E-state index contributed by atoms with van der Waals surface area (Å²) >= 11 is 0. The molecule has 0 aliphatic carbocycles. The number of carbonyl (C=O) groups is 1. The van der Waals surface area contributed by atoms with Gasteiger partial charge in [0.05, 0.1) is 12.4 Å². The first-order valence-electron chi connectivity index (χ1n) is 9.60. The van der Waals surface area contributed by atoms with E-state index in [1.165, 1.54) is 0 Å². The molecule has 1 aromatic carbocycles. The number of amides is 1. The third-order valence-electron chi connectivity index (χ3n) is 5.28. The van der Waals surface area contributed by atoms with Crippen molar-refractivity contribution in [3.63, 3.8) is 0 Å². The Balaban J connectivity index is 1.58. The van der Waals surface area contributed by atoms with Crippen LogP contribution in [0, 0.1) is 18.7 Å². The number of hydrogen-bond donors (Lipinski definition) is 1. The van der Waals surface area contributed by atoms with Crippen molar-refractivity contribution in [2.75, 3.05) is 16.8 Å². The van der Waals surface area contributed by atoms with Crippen LogP contribution in [0.5, 0.6) is 0 Å². The third-order valence-corrected chi connectivity index (χ3v) is 5.28. The molecule has 0 bridgehead atoms. The van der Waals surface area contributed by atoms with Crippen molar-refractivity contribution in [1.82, 2.24) is 15.0 Å². The van der Waals surface area contributed by atoms with Gasteiger partial charge < -0.3 is 10.2 Å². The van der Waals surface area contributed by atoms with Crippen molar-refractivity contribution in [2.24, 2.45) is 5.92 Å². The molecule has 1 saturated heterocycles. The number of aryl methyl sites for hydroxylation is 1. The highest BCUT2D eigenvalue weighted by atomic mass is 19.1. The number of rotatable bonds is 4. The zero-order chi connectivity index (χ0) is 20.4. The lowest BCUT2D eigenvalue weighted by Gasteiger charge is -2.27. The van der Waals surface area contributed by atoms with Gasteiger partial charge in [0.1, 0.15) is 11.9 Å². The number of benzene rings is 1. The number of carbonyl (C=O) groups excluding carboxylic acids is 1. The van der Waals surface area contributed by atoms with Crippen molar-refractivity contribution < 1.29 is 9.18 Å². The molecular weight excluding hydrogens is 369 g/mol. The Morgan fingerprint density at radius 2 is 1.97 bits per heavy atom. The molecule has 148 valence electrons. The Labute approximate surface area is 168 Å². The third kappa shape index (κ3) is 3.94. The Bertz CT molecular complexity index is 1010. The molecule has 4 rings (SSSR count). The van der Waals surface area contributed by atoms with Crippen LogP contribution in [0.2, 0.25) is 0 Å². The molecule has 7 heteroatoms. The monoisotopic (exact) mass is 391 g/mol. The fourth-order valence-corrected chi connectivity index (χ4v) is 3.74. The van der Waals surface area contributed by atoms with E-state index >= 15 is 0 Å². The molecule has 1 aliphatic heterocycles. The molecule has 29 heavy (non-hydrogen) atoms.